The van der Waals surface area contributed by atoms with Gasteiger partial charge in [0.25, 0.3) is 0 Å². The van der Waals surface area contributed by atoms with Gasteiger partial charge in [-0.05, 0) is 19.9 Å². The van der Waals surface area contributed by atoms with Crippen LogP contribution in [0, 0.1) is 0 Å². The van der Waals surface area contributed by atoms with Gasteiger partial charge in [-0.2, -0.15) is 0 Å². The van der Waals surface area contributed by atoms with Gasteiger partial charge < -0.3 is 0 Å². The molecule has 0 bridgehead atoms. The zero-order chi connectivity index (χ0) is 6.85. The minimum atomic E-state index is -0.741. The lowest BCUT2D eigenvalue weighted by atomic mass is 10.0. The molecule has 0 aromatic rings. The Labute approximate surface area is 55.1 Å². The van der Waals surface area contributed by atoms with Gasteiger partial charge in [-0.1, -0.05) is 17.2 Å². The average Bonchev–Trinajstić information content (AvgIpc) is 1.59. The molecule has 1 rings (SSSR count). The van der Waals surface area contributed by atoms with Crippen LogP contribution in [0.3, 0.4) is 0 Å². The molecule has 0 saturated carbocycles. The highest BCUT2D eigenvalue weighted by molar-refractivity contribution is 5.27. The van der Waals surface area contributed by atoms with Gasteiger partial charge in [0.2, 0.25) is 0 Å². The minimum Gasteiger partial charge on any atom is -0.243 e. The van der Waals surface area contributed by atoms with Crippen LogP contribution >= 0.6 is 0 Å². The van der Waals surface area contributed by atoms with Gasteiger partial charge >= 0.3 is 0 Å². The predicted molar refractivity (Wildman–Crippen MR) is 37.0 cm³/mol. The van der Waals surface area contributed by atoms with Gasteiger partial charge in [0.15, 0.2) is 0 Å². The molecule has 0 radical (unpaired) electrons. The fourth-order valence-corrected chi connectivity index (χ4v) is 1.15. The largest absolute Gasteiger partial charge is 0.243 e. The lowest BCUT2D eigenvalue weighted by Crippen LogP contribution is -2.01. The molecule has 9 heavy (non-hydrogen) atoms. The van der Waals surface area contributed by atoms with E-state index < -0.39 is 6.17 Å². The molecular formula is C8H11F. The van der Waals surface area contributed by atoms with Crippen LogP contribution in [0.15, 0.2) is 23.3 Å². The van der Waals surface area contributed by atoms with Crippen LogP contribution in [0.1, 0.15) is 20.3 Å². The van der Waals surface area contributed by atoms with Gasteiger partial charge in [-0.15, -0.1) is 0 Å². The van der Waals surface area contributed by atoms with Crippen molar-refractivity contribution in [1.82, 2.24) is 0 Å². The number of hydrogen-bond donors (Lipinski definition) is 0. The Bertz CT molecular complexity index is 165. The Morgan fingerprint density at radius 2 is 2.22 bits per heavy atom. The van der Waals surface area contributed by atoms with Crippen molar-refractivity contribution in [1.29, 1.82) is 0 Å². The first-order valence-electron chi connectivity index (χ1n) is 3.18. The summed E-state index contributed by atoms with van der Waals surface area (Å²) in [5.41, 5.74) is 2.19. The third-order valence-corrected chi connectivity index (χ3v) is 1.43. The van der Waals surface area contributed by atoms with E-state index in [1.54, 1.807) is 6.08 Å². The summed E-state index contributed by atoms with van der Waals surface area (Å²) in [5, 5.41) is 0. The normalized spacial score (nSPS) is 27.2. The smallest absolute Gasteiger partial charge is 0.122 e. The van der Waals surface area contributed by atoms with Crippen molar-refractivity contribution >= 4 is 0 Å². The minimum absolute atomic E-state index is 0.581. The summed E-state index contributed by atoms with van der Waals surface area (Å²) in [7, 11) is 0. The fraction of sp³-hybridized carbons (Fsp3) is 0.500. The van der Waals surface area contributed by atoms with Crippen LogP contribution < -0.4 is 0 Å². The zero-order valence-electron chi connectivity index (χ0n) is 5.82. The molecule has 0 spiro atoms. The molecule has 0 fully saturated rings. The summed E-state index contributed by atoms with van der Waals surface area (Å²) >= 11 is 0. The average molecular weight is 126 g/mol. The maximum Gasteiger partial charge on any atom is 0.122 e. The van der Waals surface area contributed by atoms with Crippen LogP contribution in [0.25, 0.3) is 0 Å². The molecule has 1 aliphatic carbocycles. The molecule has 0 heterocycles. The van der Waals surface area contributed by atoms with E-state index in [0.717, 1.165) is 11.1 Å². The molecule has 0 saturated heterocycles. The second kappa shape index (κ2) is 2.34. The maximum atomic E-state index is 12.6. The summed E-state index contributed by atoms with van der Waals surface area (Å²) in [4.78, 5) is 0. The fourth-order valence-electron chi connectivity index (χ4n) is 1.15. The van der Waals surface area contributed by atoms with E-state index in [1.165, 1.54) is 0 Å². The highest BCUT2D eigenvalue weighted by Gasteiger charge is 2.07. The van der Waals surface area contributed by atoms with E-state index in [2.05, 4.69) is 0 Å². The van der Waals surface area contributed by atoms with Crippen molar-refractivity contribution in [3.05, 3.63) is 23.3 Å². The van der Waals surface area contributed by atoms with Crippen molar-refractivity contribution in [2.45, 2.75) is 26.4 Å². The Morgan fingerprint density at radius 3 is 2.67 bits per heavy atom. The van der Waals surface area contributed by atoms with Crippen molar-refractivity contribution in [3.8, 4) is 0 Å². The first-order valence-corrected chi connectivity index (χ1v) is 3.18. The molecule has 0 aromatic heterocycles. The van der Waals surface area contributed by atoms with Crippen LogP contribution in [0.4, 0.5) is 4.39 Å². The molecule has 0 amide bonds. The summed E-state index contributed by atoms with van der Waals surface area (Å²) in [6.45, 7) is 3.89. The number of hydrogen-bond acceptors (Lipinski definition) is 0. The van der Waals surface area contributed by atoms with Crippen LogP contribution in [-0.2, 0) is 0 Å². The van der Waals surface area contributed by atoms with Gasteiger partial charge in [0.05, 0.1) is 0 Å². The van der Waals surface area contributed by atoms with E-state index in [-0.39, 0.29) is 0 Å². The summed E-state index contributed by atoms with van der Waals surface area (Å²) in [6, 6.07) is 0. The van der Waals surface area contributed by atoms with Crippen molar-refractivity contribution < 1.29 is 4.39 Å². The third kappa shape index (κ3) is 1.67. The summed E-state index contributed by atoms with van der Waals surface area (Å²) < 4.78 is 12.6. The highest BCUT2D eigenvalue weighted by atomic mass is 19.1. The standard InChI is InChI=1S/C8H11F/c1-6-3-7(2)5-8(9)4-6/h3-4,8H,5H2,1-2H3. The molecule has 0 aliphatic heterocycles. The van der Waals surface area contributed by atoms with Crippen LogP contribution in [0.5, 0.6) is 0 Å². The molecule has 1 aliphatic rings. The van der Waals surface area contributed by atoms with E-state index in [1.807, 2.05) is 19.9 Å². The lowest BCUT2D eigenvalue weighted by molar-refractivity contribution is 0.393. The van der Waals surface area contributed by atoms with Crippen LogP contribution in [0.2, 0.25) is 0 Å². The highest BCUT2D eigenvalue weighted by Crippen LogP contribution is 2.18. The molecule has 0 aromatic carbocycles. The molecule has 0 N–H and O–H groups in total. The van der Waals surface area contributed by atoms with Gasteiger partial charge in [-0.25, -0.2) is 4.39 Å². The predicted octanol–water partition coefficient (Wildman–Crippen LogP) is 2.62. The monoisotopic (exact) mass is 126 g/mol. The Kier molecular flexibility index (Phi) is 1.70. The number of allylic oxidation sites excluding steroid dienone is 4. The zero-order valence-corrected chi connectivity index (χ0v) is 5.82. The van der Waals surface area contributed by atoms with E-state index in [9.17, 15) is 4.39 Å². The second-order valence-corrected chi connectivity index (χ2v) is 2.62. The van der Waals surface area contributed by atoms with Gasteiger partial charge in [0, 0.05) is 6.42 Å². The van der Waals surface area contributed by atoms with E-state index in [4.69, 9.17) is 0 Å². The lowest BCUT2D eigenvalue weighted by Gasteiger charge is -2.10. The quantitative estimate of drug-likeness (QED) is 0.468. The number of rotatable bonds is 0. The molecule has 0 nitrogen and oxygen atoms in total. The van der Waals surface area contributed by atoms with E-state index >= 15 is 0 Å². The van der Waals surface area contributed by atoms with Crippen molar-refractivity contribution in [2.24, 2.45) is 0 Å². The van der Waals surface area contributed by atoms with Gasteiger partial charge in [-0.3, -0.25) is 0 Å². The van der Waals surface area contributed by atoms with Gasteiger partial charge in [0.1, 0.15) is 6.17 Å². The molecule has 1 heteroatoms. The van der Waals surface area contributed by atoms with Crippen molar-refractivity contribution in [2.75, 3.05) is 0 Å². The maximum absolute atomic E-state index is 12.6. The second-order valence-electron chi connectivity index (χ2n) is 2.62. The summed E-state index contributed by atoms with van der Waals surface area (Å²) in [5.74, 6) is 0. The summed E-state index contributed by atoms with van der Waals surface area (Å²) in [6.07, 6.45) is 3.52. The SMILES string of the molecule is CC1=CC(F)CC(C)=C1. The van der Waals surface area contributed by atoms with Crippen molar-refractivity contribution in [3.63, 3.8) is 0 Å². The Morgan fingerprint density at radius 1 is 1.56 bits per heavy atom. The van der Waals surface area contributed by atoms with E-state index in [0.29, 0.717) is 6.42 Å². The molecular weight excluding hydrogens is 115 g/mol. The topological polar surface area (TPSA) is 0 Å². The molecule has 1 unspecified atom stereocenters. The molecule has 50 valence electrons. The third-order valence-electron chi connectivity index (χ3n) is 1.43. The first-order chi connectivity index (χ1) is 4.18. The molecule has 1 atom stereocenters. The number of alkyl halides is 1. The van der Waals surface area contributed by atoms with Crippen LogP contribution in [-0.4, -0.2) is 6.17 Å². The number of halogens is 1. The Hall–Kier alpha value is -0.590. The Balaban J connectivity index is 2.74. The first kappa shape index (κ1) is 6.53.